The number of hydrogen-bond donors (Lipinski definition) is 3. The lowest BCUT2D eigenvalue weighted by Crippen LogP contribution is -2.47. The first-order chi connectivity index (χ1) is 7.52. The zero-order chi connectivity index (χ0) is 12.1. The van der Waals surface area contributed by atoms with E-state index in [1.54, 1.807) is 0 Å². The predicted octanol–water partition coefficient (Wildman–Crippen LogP) is -0.969. The standard InChI is InChI=1S/C8H13N3O4S/c9-6(12)1-2-10-8(15)11-4-16-3-5(11)7(13)14/h5H,1-4H2,(H2,9,12)(H,10,15)(H,13,14)/t5-/m0/s1. The lowest BCUT2D eigenvalue weighted by atomic mass is 10.3. The first-order valence-corrected chi connectivity index (χ1v) is 5.81. The Bertz CT molecular complexity index is 310. The third kappa shape index (κ3) is 3.30. The molecule has 4 N–H and O–H groups in total. The third-order valence-electron chi connectivity index (χ3n) is 2.08. The molecule has 1 rings (SSSR count). The van der Waals surface area contributed by atoms with Crippen molar-refractivity contribution in [1.82, 2.24) is 10.2 Å². The number of aliphatic carboxylic acids is 1. The van der Waals surface area contributed by atoms with Crippen molar-refractivity contribution in [2.45, 2.75) is 12.5 Å². The van der Waals surface area contributed by atoms with Crippen LogP contribution in [0.25, 0.3) is 0 Å². The summed E-state index contributed by atoms with van der Waals surface area (Å²) in [4.78, 5) is 34.0. The topological polar surface area (TPSA) is 113 Å². The van der Waals surface area contributed by atoms with Gasteiger partial charge < -0.3 is 21.1 Å². The van der Waals surface area contributed by atoms with E-state index in [0.717, 1.165) is 0 Å². The zero-order valence-corrected chi connectivity index (χ0v) is 9.33. The zero-order valence-electron chi connectivity index (χ0n) is 8.51. The molecule has 0 aliphatic carbocycles. The SMILES string of the molecule is NC(=O)CCNC(=O)N1CSC[C@H]1C(=O)O. The van der Waals surface area contributed by atoms with Crippen LogP contribution in [0.1, 0.15) is 6.42 Å². The maximum Gasteiger partial charge on any atom is 0.327 e. The smallest absolute Gasteiger partial charge is 0.327 e. The highest BCUT2D eigenvalue weighted by Crippen LogP contribution is 2.20. The first-order valence-electron chi connectivity index (χ1n) is 4.65. The number of rotatable bonds is 4. The van der Waals surface area contributed by atoms with Gasteiger partial charge in [0.05, 0.1) is 5.88 Å². The average molecular weight is 247 g/mol. The minimum atomic E-state index is -1.02. The minimum Gasteiger partial charge on any atom is -0.480 e. The molecule has 3 amide bonds. The summed E-state index contributed by atoms with van der Waals surface area (Å²) >= 11 is 1.38. The van der Waals surface area contributed by atoms with Crippen LogP contribution in [0.4, 0.5) is 4.79 Å². The quantitative estimate of drug-likeness (QED) is 0.591. The maximum atomic E-state index is 11.5. The van der Waals surface area contributed by atoms with Gasteiger partial charge in [0.15, 0.2) is 0 Å². The summed E-state index contributed by atoms with van der Waals surface area (Å²) < 4.78 is 0. The van der Waals surface area contributed by atoms with Gasteiger partial charge in [-0.05, 0) is 0 Å². The van der Waals surface area contributed by atoms with Crippen LogP contribution in [0.3, 0.4) is 0 Å². The molecular formula is C8H13N3O4S. The van der Waals surface area contributed by atoms with Crippen molar-refractivity contribution >= 4 is 29.7 Å². The Morgan fingerprint density at radius 2 is 2.19 bits per heavy atom. The summed E-state index contributed by atoms with van der Waals surface area (Å²) in [7, 11) is 0. The summed E-state index contributed by atoms with van der Waals surface area (Å²) in [5.74, 6) is -0.793. The highest BCUT2D eigenvalue weighted by molar-refractivity contribution is 7.99. The monoisotopic (exact) mass is 247 g/mol. The predicted molar refractivity (Wildman–Crippen MR) is 57.8 cm³/mol. The Balaban J connectivity index is 2.41. The Morgan fingerprint density at radius 1 is 1.50 bits per heavy atom. The van der Waals surface area contributed by atoms with Crippen LogP contribution in [-0.2, 0) is 9.59 Å². The number of primary amides is 1. The van der Waals surface area contributed by atoms with Crippen molar-refractivity contribution in [3.63, 3.8) is 0 Å². The van der Waals surface area contributed by atoms with E-state index >= 15 is 0 Å². The Labute approximate surface area is 96.3 Å². The van der Waals surface area contributed by atoms with Crippen LogP contribution in [-0.4, -0.2) is 52.1 Å². The first kappa shape index (κ1) is 12.6. The van der Waals surface area contributed by atoms with Crippen LogP contribution in [0, 0.1) is 0 Å². The molecule has 0 saturated carbocycles. The molecule has 0 bridgehead atoms. The van der Waals surface area contributed by atoms with Crippen LogP contribution < -0.4 is 11.1 Å². The second-order valence-electron chi connectivity index (χ2n) is 3.27. The van der Waals surface area contributed by atoms with Crippen LogP contribution in [0.15, 0.2) is 0 Å². The van der Waals surface area contributed by atoms with Crippen LogP contribution in [0.2, 0.25) is 0 Å². The van der Waals surface area contributed by atoms with Gasteiger partial charge in [-0.3, -0.25) is 4.79 Å². The number of nitrogens with two attached hydrogens (primary N) is 1. The molecule has 0 aromatic heterocycles. The molecule has 0 radical (unpaired) electrons. The molecule has 1 saturated heterocycles. The third-order valence-corrected chi connectivity index (χ3v) is 3.09. The average Bonchev–Trinajstić information content (AvgIpc) is 2.65. The number of thioether (sulfide) groups is 1. The van der Waals surface area contributed by atoms with E-state index in [-0.39, 0.29) is 13.0 Å². The highest BCUT2D eigenvalue weighted by Gasteiger charge is 2.34. The second-order valence-corrected chi connectivity index (χ2v) is 4.27. The van der Waals surface area contributed by atoms with Gasteiger partial charge in [0.25, 0.3) is 0 Å². The van der Waals surface area contributed by atoms with E-state index in [4.69, 9.17) is 10.8 Å². The van der Waals surface area contributed by atoms with E-state index in [1.165, 1.54) is 16.7 Å². The molecule has 0 aromatic carbocycles. The summed E-state index contributed by atoms with van der Waals surface area (Å²) in [6.07, 6.45) is 0.0461. The van der Waals surface area contributed by atoms with Gasteiger partial charge in [-0.2, -0.15) is 0 Å². The fourth-order valence-corrected chi connectivity index (χ4v) is 2.39. The van der Waals surface area contributed by atoms with E-state index in [9.17, 15) is 14.4 Å². The van der Waals surface area contributed by atoms with Crippen LogP contribution >= 0.6 is 11.8 Å². The van der Waals surface area contributed by atoms with E-state index in [1.807, 2.05) is 0 Å². The number of carboxylic acids is 1. The molecular weight excluding hydrogens is 234 g/mol. The molecule has 0 spiro atoms. The van der Waals surface area contributed by atoms with Gasteiger partial charge in [-0.15, -0.1) is 11.8 Å². The van der Waals surface area contributed by atoms with Gasteiger partial charge in [0.1, 0.15) is 6.04 Å². The number of carboxylic acid groups (broad SMARTS) is 1. The van der Waals surface area contributed by atoms with Gasteiger partial charge in [-0.25, -0.2) is 9.59 Å². The Morgan fingerprint density at radius 3 is 2.75 bits per heavy atom. The van der Waals surface area contributed by atoms with Gasteiger partial charge >= 0.3 is 12.0 Å². The number of hydrogen-bond acceptors (Lipinski definition) is 4. The molecule has 1 aliphatic heterocycles. The fraction of sp³-hybridized carbons (Fsp3) is 0.625. The van der Waals surface area contributed by atoms with Gasteiger partial charge in [0.2, 0.25) is 5.91 Å². The molecule has 8 heteroatoms. The maximum absolute atomic E-state index is 11.5. The van der Waals surface area contributed by atoms with Crippen molar-refractivity contribution in [3.8, 4) is 0 Å². The Kier molecular flexibility index (Phi) is 4.41. The van der Waals surface area contributed by atoms with Crippen molar-refractivity contribution in [1.29, 1.82) is 0 Å². The molecule has 7 nitrogen and oxygen atoms in total. The molecule has 1 aliphatic rings. The normalized spacial score (nSPS) is 19.5. The van der Waals surface area contributed by atoms with Gasteiger partial charge in [0, 0.05) is 18.7 Å². The second kappa shape index (κ2) is 5.59. The molecule has 1 atom stereocenters. The number of carbonyl (C=O) groups excluding carboxylic acids is 2. The van der Waals surface area contributed by atoms with Crippen molar-refractivity contribution < 1.29 is 19.5 Å². The lowest BCUT2D eigenvalue weighted by molar-refractivity contribution is -0.140. The minimum absolute atomic E-state index is 0.0461. The summed E-state index contributed by atoms with van der Waals surface area (Å²) in [5, 5.41) is 11.3. The fourth-order valence-electron chi connectivity index (χ4n) is 1.24. The van der Waals surface area contributed by atoms with E-state index in [2.05, 4.69) is 5.32 Å². The van der Waals surface area contributed by atoms with E-state index < -0.39 is 23.9 Å². The number of nitrogens with zero attached hydrogens (tertiary/aromatic N) is 1. The van der Waals surface area contributed by atoms with Gasteiger partial charge in [-0.1, -0.05) is 0 Å². The molecule has 0 aromatic rings. The molecule has 1 heterocycles. The largest absolute Gasteiger partial charge is 0.480 e. The molecule has 90 valence electrons. The summed E-state index contributed by atoms with van der Waals surface area (Å²) in [6, 6.07) is -1.27. The van der Waals surface area contributed by atoms with E-state index in [0.29, 0.717) is 11.6 Å². The lowest BCUT2D eigenvalue weighted by Gasteiger charge is -2.20. The molecule has 0 unspecified atom stereocenters. The van der Waals surface area contributed by atoms with Crippen molar-refractivity contribution in [3.05, 3.63) is 0 Å². The number of amides is 3. The summed E-state index contributed by atoms with van der Waals surface area (Å²) in [5.41, 5.74) is 4.91. The van der Waals surface area contributed by atoms with Crippen LogP contribution in [0.5, 0.6) is 0 Å². The van der Waals surface area contributed by atoms with Crippen molar-refractivity contribution in [2.24, 2.45) is 5.73 Å². The summed E-state index contributed by atoms with van der Waals surface area (Å²) in [6.45, 7) is 0.127. The number of carbonyl (C=O) groups is 3. The molecule has 16 heavy (non-hydrogen) atoms. The number of nitrogens with one attached hydrogen (secondary N) is 1. The molecule has 1 fully saturated rings. The van der Waals surface area contributed by atoms with Crippen molar-refractivity contribution in [2.75, 3.05) is 18.2 Å². The highest BCUT2D eigenvalue weighted by atomic mass is 32.2. The number of urea groups is 1. The Hall–Kier alpha value is -1.44.